The van der Waals surface area contributed by atoms with Crippen molar-refractivity contribution in [1.82, 2.24) is 9.71 Å². The predicted octanol–water partition coefficient (Wildman–Crippen LogP) is 1.36. The van der Waals surface area contributed by atoms with Gasteiger partial charge in [0.25, 0.3) is 10.0 Å². The smallest absolute Gasteiger partial charge is 0.303 e. The van der Waals surface area contributed by atoms with Crippen LogP contribution in [0.3, 0.4) is 0 Å². The molecule has 0 aromatic carbocycles. The summed E-state index contributed by atoms with van der Waals surface area (Å²) in [5.74, 6) is -0.947. The molecule has 0 aliphatic heterocycles. The van der Waals surface area contributed by atoms with E-state index in [9.17, 15) is 13.2 Å². The highest BCUT2D eigenvalue weighted by atomic mass is 79.9. The first kappa shape index (κ1) is 14.6. The number of carbonyl (C=O) groups is 1. The monoisotopic (exact) mass is 342 g/mol. The molecule has 0 fully saturated rings. The van der Waals surface area contributed by atoms with E-state index < -0.39 is 16.0 Å². The van der Waals surface area contributed by atoms with Crippen molar-refractivity contribution in [3.05, 3.63) is 9.48 Å². The lowest BCUT2D eigenvalue weighted by Gasteiger charge is -2.01. The van der Waals surface area contributed by atoms with Gasteiger partial charge >= 0.3 is 5.97 Å². The minimum absolute atomic E-state index is 0.0165. The van der Waals surface area contributed by atoms with Gasteiger partial charge in [-0.3, -0.25) is 4.79 Å². The van der Waals surface area contributed by atoms with E-state index in [-0.39, 0.29) is 23.7 Å². The normalized spacial score (nSPS) is 11.6. The number of hydrogen-bond acceptors (Lipinski definition) is 5. The van der Waals surface area contributed by atoms with Crippen molar-refractivity contribution in [3.63, 3.8) is 0 Å². The zero-order valence-corrected chi connectivity index (χ0v) is 12.2. The van der Waals surface area contributed by atoms with Crippen LogP contribution in [-0.4, -0.2) is 31.0 Å². The fraction of sp³-hybridized carbons (Fsp3) is 0.500. The molecular weight excluding hydrogens is 332 g/mol. The van der Waals surface area contributed by atoms with Crippen LogP contribution in [-0.2, 0) is 14.8 Å². The molecule has 0 saturated heterocycles. The van der Waals surface area contributed by atoms with E-state index in [0.29, 0.717) is 9.48 Å². The van der Waals surface area contributed by atoms with E-state index in [0.717, 1.165) is 11.3 Å². The minimum Gasteiger partial charge on any atom is -0.481 e. The number of rotatable bonds is 6. The van der Waals surface area contributed by atoms with Crippen LogP contribution in [0.15, 0.2) is 8.13 Å². The maximum atomic E-state index is 11.7. The molecule has 96 valence electrons. The second-order valence-corrected chi connectivity index (χ2v) is 7.49. The largest absolute Gasteiger partial charge is 0.481 e. The molecule has 0 saturated carbocycles. The summed E-state index contributed by atoms with van der Waals surface area (Å²) in [5.41, 5.74) is 0.612. The Kier molecular flexibility index (Phi) is 5.04. The summed E-state index contributed by atoms with van der Waals surface area (Å²) in [4.78, 5) is 14.1. The molecule has 0 spiro atoms. The maximum Gasteiger partial charge on any atom is 0.303 e. The summed E-state index contributed by atoms with van der Waals surface area (Å²) < 4.78 is 26.4. The molecule has 9 heteroatoms. The first-order valence-corrected chi connectivity index (χ1v) is 7.76. The zero-order chi connectivity index (χ0) is 13.1. The summed E-state index contributed by atoms with van der Waals surface area (Å²) in [5, 5.41) is 8.41. The molecule has 0 atom stereocenters. The highest BCUT2D eigenvalue weighted by Gasteiger charge is 2.19. The Balaban J connectivity index is 2.60. The molecule has 17 heavy (non-hydrogen) atoms. The standard InChI is InChI=1S/C8H11BrN2O4S2/c1-5-7(9)16-8(11-5)17(14,15)10-4-2-3-6(12)13/h10H,2-4H2,1H3,(H,12,13). The number of nitrogens with zero attached hydrogens (tertiary/aromatic N) is 1. The van der Waals surface area contributed by atoms with Gasteiger partial charge in [0.1, 0.15) is 0 Å². The molecule has 0 amide bonds. The summed E-state index contributed by atoms with van der Waals surface area (Å²) >= 11 is 4.22. The van der Waals surface area contributed by atoms with Crippen molar-refractivity contribution in [1.29, 1.82) is 0 Å². The zero-order valence-electron chi connectivity index (χ0n) is 8.93. The Morgan fingerprint density at radius 1 is 1.59 bits per heavy atom. The number of aryl methyl sites for hydroxylation is 1. The van der Waals surface area contributed by atoms with Crippen LogP contribution in [0.4, 0.5) is 0 Å². The van der Waals surface area contributed by atoms with Crippen molar-refractivity contribution in [3.8, 4) is 0 Å². The van der Waals surface area contributed by atoms with E-state index >= 15 is 0 Å². The highest BCUT2D eigenvalue weighted by molar-refractivity contribution is 9.11. The van der Waals surface area contributed by atoms with Crippen LogP contribution in [0.5, 0.6) is 0 Å². The molecule has 1 heterocycles. The van der Waals surface area contributed by atoms with Crippen molar-refractivity contribution in [2.24, 2.45) is 0 Å². The third kappa shape index (κ3) is 4.34. The van der Waals surface area contributed by atoms with Crippen molar-refractivity contribution in [2.45, 2.75) is 24.1 Å². The van der Waals surface area contributed by atoms with Crippen molar-refractivity contribution in [2.75, 3.05) is 6.54 Å². The molecule has 0 aliphatic carbocycles. The summed E-state index contributed by atoms with van der Waals surface area (Å²) in [7, 11) is -3.63. The third-order valence-electron chi connectivity index (χ3n) is 1.81. The lowest BCUT2D eigenvalue weighted by atomic mass is 10.3. The SMILES string of the molecule is Cc1nc(S(=O)(=O)NCCCC(=O)O)sc1Br. The molecule has 2 N–H and O–H groups in total. The van der Waals surface area contributed by atoms with E-state index in [1.807, 2.05) is 0 Å². The van der Waals surface area contributed by atoms with E-state index in [4.69, 9.17) is 5.11 Å². The second-order valence-electron chi connectivity index (χ2n) is 3.23. The van der Waals surface area contributed by atoms with Crippen molar-refractivity contribution >= 4 is 43.3 Å². The van der Waals surface area contributed by atoms with Crippen molar-refractivity contribution < 1.29 is 18.3 Å². The molecule has 1 aromatic heterocycles. The molecule has 0 aliphatic rings. The van der Waals surface area contributed by atoms with Gasteiger partial charge in [-0.05, 0) is 29.3 Å². The average molecular weight is 343 g/mol. The van der Waals surface area contributed by atoms with Crippen LogP contribution in [0, 0.1) is 6.92 Å². The first-order chi connectivity index (χ1) is 7.83. The molecule has 0 radical (unpaired) electrons. The topological polar surface area (TPSA) is 96.4 Å². The van der Waals surface area contributed by atoms with Gasteiger partial charge in [0.15, 0.2) is 0 Å². The van der Waals surface area contributed by atoms with Gasteiger partial charge < -0.3 is 5.11 Å². The van der Waals surface area contributed by atoms with E-state index in [1.54, 1.807) is 6.92 Å². The van der Waals surface area contributed by atoms with E-state index in [1.165, 1.54) is 0 Å². The Morgan fingerprint density at radius 3 is 2.71 bits per heavy atom. The first-order valence-electron chi connectivity index (χ1n) is 4.67. The van der Waals surface area contributed by atoms with Gasteiger partial charge in [0.05, 0.1) is 9.48 Å². The van der Waals surface area contributed by atoms with Gasteiger partial charge in [-0.25, -0.2) is 18.1 Å². The molecule has 6 nitrogen and oxygen atoms in total. The van der Waals surface area contributed by atoms with Gasteiger partial charge in [0.2, 0.25) is 4.34 Å². The number of aromatic nitrogens is 1. The molecule has 1 aromatic rings. The van der Waals surface area contributed by atoms with Gasteiger partial charge in [-0.1, -0.05) is 11.3 Å². The molecule has 0 bridgehead atoms. The highest BCUT2D eigenvalue weighted by Crippen LogP contribution is 2.26. The number of hydrogen-bond donors (Lipinski definition) is 2. The van der Waals surface area contributed by atoms with Crippen LogP contribution in [0.1, 0.15) is 18.5 Å². The molecular formula is C8H11BrN2O4S2. The Labute approximate surface area is 111 Å². The van der Waals surface area contributed by atoms with Crippen LogP contribution in [0.2, 0.25) is 0 Å². The summed E-state index contributed by atoms with van der Waals surface area (Å²) in [6.45, 7) is 1.79. The average Bonchev–Trinajstić information content (AvgIpc) is 2.55. The van der Waals surface area contributed by atoms with Crippen LogP contribution in [0.25, 0.3) is 0 Å². The number of nitrogens with one attached hydrogen (secondary N) is 1. The van der Waals surface area contributed by atoms with Crippen LogP contribution < -0.4 is 4.72 Å². The van der Waals surface area contributed by atoms with Gasteiger partial charge in [-0.15, -0.1) is 0 Å². The second kappa shape index (κ2) is 5.89. The number of sulfonamides is 1. The quantitative estimate of drug-likeness (QED) is 0.760. The van der Waals surface area contributed by atoms with E-state index in [2.05, 4.69) is 25.6 Å². The Hall–Kier alpha value is -0.510. The van der Waals surface area contributed by atoms with Gasteiger partial charge in [0, 0.05) is 13.0 Å². The fourth-order valence-corrected chi connectivity index (χ4v) is 4.04. The summed E-state index contributed by atoms with van der Waals surface area (Å²) in [6, 6.07) is 0. The lowest BCUT2D eigenvalue weighted by molar-refractivity contribution is -0.137. The Bertz CT molecular complexity index is 492. The number of aliphatic carboxylic acids is 1. The van der Waals surface area contributed by atoms with Crippen LogP contribution >= 0.6 is 27.3 Å². The number of halogens is 1. The van der Waals surface area contributed by atoms with Gasteiger partial charge in [-0.2, -0.15) is 0 Å². The summed E-state index contributed by atoms with van der Waals surface area (Å²) in [6.07, 6.45) is 0.184. The minimum atomic E-state index is -3.63. The number of thiazole rings is 1. The maximum absolute atomic E-state index is 11.7. The molecule has 1 rings (SSSR count). The lowest BCUT2D eigenvalue weighted by Crippen LogP contribution is -2.25. The Morgan fingerprint density at radius 2 is 2.24 bits per heavy atom. The number of carboxylic acid groups (broad SMARTS) is 1. The fourth-order valence-electron chi connectivity index (χ4n) is 0.977. The molecule has 0 unspecified atom stereocenters. The third-order valence-corrected chi connectivity index (χ3v) is 5.65. The number of carboxylic acids is 1. The predicted molar refractivity (Wildman–Crippen MR) is 66.6 cm³/mol.